The van der Waals surface area contributed by atoms with Crippen LogP contribution in [0.2, 0.25) is 0 Å². The summed E-state index contributed by atoms with van der Waals surface area (Å²) in [6.45, 7) is 6.97. The van der Waals surface area contributed by atoms with E-state index in [4.69, 9.17) is 0 Å². The van der Waals surface area contributed by atoms with Crippen LogP contribution in [-0.2, 0) is 15.4 Å². The summed E-state index contributed by atoms with van der Waals surface area (Å²) in [6.07, 6.45) is 4.87. The van der Waals surface area contributed by atoms with E-state index in [1.165, 1.54) is 11.1 Å². The summed E-state index contributed by atoms with van der Waals surface area (Å²) in [5.74, 6) is 0. The molecule has 6 heteroatoms. The molecule has 0 aliphatic heterocycles. The monoisotopic (exact) mass is 316 g/mol. The molecular weight excluding hydrogens is 292 g/mol. The number of nitrogens with one attached hydrogen (secondary N) is 1. The summed E-state index contributed by atoms with van der Waals surface area (Å²) in [4.78, 5) is 5.85. The first-order valence-electron chi connectivity index (χ1n) is 7.19. The molecule has 20 heavy (non-hydrogen) atoms. The number of hydrogen-bond donors (Lipinski definition) is 1. The van der Waals surface area contributed by atoms with Crippen LogP contribution in [0, 0.1) is 13.8 Å². The summed E-state index contributed by atoms with van der Waals surface area (Å²) in [7, 11) is -3.09. The normalized spacial score (nSPS) is 27.1. The van der Waals surface area contributed by atoms with Crippen LogP contribution in [0.3, 0.4) is 0 Å². The quantitative estimate of drug-likeness (QED) is 0.907. The minimum Gasteiger partial charge on any atom is -0.304 e. The first kappa shape index (κ1) is 15.9. The largest absolute Gasteiger partial charge is 0.304 e. The standard InChI is InChI=1S/C14H24N2O2S2/c1-5-9-15-14(13-16-10(2)11(3)19-13)8-6-7-12(14)20(4,17)18/h12,15H,5-9H2,1-4H3. The van der Waals surface area contributed by atoms with Crippen molar-refractivity contribution >= 4 is 21.2 Å². The lowest BCUT2D eigenvalue weighted by Gasteiger charge is -2.34. The van der Waals surface area contributed by atoms with Crippen molar-refractivity contribution in [1.29, 1.82) is 0 Å². The number of aryl methyl sites for hydroxylation is 2. The maximum absolute atomic E-state index is 12.2. The number of hydrogen-bond acceptors (Lipinski definition) is 5. The van der Waals surface area contributed by atoms with E-state index in [-0.39, 0.29) is 5.25 Å². The molecule has 4 nitrogen and oxygen atoms in total. The topological polar surface area (TPSA) is 59.1 Å². The van der Waals surface area contributed by atoms with E-state index in [2.05, 4.69) is 24.1 Å². The van der Waals surface area contributed by atoms with Crippen molar-refractivity contribution in [3.05, 3.63) is 15.6 Å². The van der Waals surface area contributed by atoms with Crippen molar-refractivity contribution in [1.82, 2.24) is 10.3 Å². The van der Waals surface area contributed by atoms with Gasteiger partial charge < -0.3 is 5.32 Å². The number of thiazole rings is 1. The fraction of sp³-hybridized carbons (Fsp3) is 0.786. The van der Waals surface area contributed by atoms with Crippen LogP contribution in [0.25, 0.3) is 0 Å². The third kappa shape index (κ3) is 2.78. The molecule has 0 radical (unpaired) electrons. The highest BCUT2D eigenvalue weighted by Crippen LogP contribution is 2.44. The van der Waals surface area contributed by atoms with Crippen molar-refractivity contribution in [3.8, 4) is 0 Å². The van der Waals surface area contributed by atoms with Crippen LogP contribution in [0.1, 0.15) is 48.2 Å². The highest BCUT2D eigenvalue weighted by Gasteiger charge is 2.50. The fourth-order valence-electron chi connectivity index (χ4n) is 3.09. The van der Waals surface area contributed by atoms with Gasteiger partial charge in [-0.3, -0.25) is 0 Å². The third-order valence-electron chi connectivity index (χ3n) is 4.20. The van der Waals surface area contributed by atoms with E-state index in [0.717, 1.165) is 42.9 Å². The molecule has 1 aromatic heterocycles. The Morgan fingerprint density at radius 2 is 2.15 bits per heavy atom. The molecule has 1 aromatic rings. The molecule has 0 aromatic carbocycles. The van der Waals surface area contributed by atoms with Gasteiger partial charge in [0.15, 0.2) is 9.84 Å². The van der Waals surface area contributed by atoms with Gasteiger partial charge in [-0.1, -0.05) is 6.92 Å². The second kappa shape index (κ2) is 5.73. The molecule has 0 amide bonds. The average molecular weight is 316 g/mol. The molecule has 0 saturated heterocycles. The second-order valence-corrected chi connectivity index (χ2v) is 9.20. The zero-order valence-corrected chi connectivity index (χ0v) is 14.3. The molecule has 1 saturated carbocycles. The molecule has 0 bridgehead atoms. The minimum absolute atomic E-state index is 0.355. The minimum atomic E-state index is -3.09. The van der Waals surface area contributed by atoms with Crippen molar-refractivity contribution in [2.75, 3.05) is 12.8 Å². The SMILES string of the molecule is CCCNC1(c2nc(C)c(C)s2)CCCC1S(C)(=O)=O. The number of rotatable bonds is 5. The Kier molecular flexibility index (Phi) is 4.56. The molecule has 114 valence electrons. The Balaban J connectivity index is 2.50. The fourth-order valence-corrected chi connectivity index (χ4v) is 5.96. The summed E-state index contributed by atoms with van der Waals surface area (Å²) in [6, 6.07) is 0. The van der Waals surface area contributed by atoms with E-state index in [1.807, 2.05) is 6.92 Å². The summed E-state index contributed by atoms with van der Waals surface area (Å²) >= 11 is 1.64. The smallest absolute Gasteiger partial charge is 0.152 e. The number of sulfone groups is 1. The Bertz CT molecular complexity index is 560. The van der Waals surface area contributed by atoms with Gasteiger partial charge in [-0.25, -0.2) is 13.4 Å². The Morgan fingerprint density at radius 1 is 1.45 bits per heavy atom. The number of aromatic nitrogens is 1. The van der Waals surface area contributed by atoms with Gasteiger partial charge in [-0.2, -0.15) is 0 Å². The molecular formula is C14H24N2O2S2. The van der Waals surface area contributed by atoms with Crippen molar-refractivity contribution in [3.63, 3.8) is 0 Å². The molecule has 1 N–H and O–H groups in total. The van der Waals surface area contributed by atoms with Crippen LogP contribution in [-0.4, -0.2) is 31.5 Å². The van der Waals surface area contributed by atoms with Gasteiger partial charge in [0.1, 0.15) is 5.01 Å². The van der Waals surface area contributed by atoms with Crippen LogP contribution in [0.15, 0.2) is 0 Å². The van der Waals surface area contributed by atoms with E-state index < -0.39 is 15.4 Å². The van der Waals surface area contributed by atoms with E-state index in [0.29, 0.717) is 0 Å². The van der Waals surface area contributed by atoms with E-state index >= 15 is 0 Å². The van der Waals surface area contributed by atoms with Crippen molar-refractivity contribution < 1.29 is 8.42 Å². The van der Waals surface area contributed by atoms with Gasteiger partial charge in [0, 0.05) is 11.1 Å². The predicted octanol–water partition coefficient (Wildman–Crippen LogP) is 2.55. The molecule has 1 aliphatic rings. The lowest BCUT2D eigenvalue weighted by atomic mass is 9.97. The van der Waals surface area contributed by atoms with Gasteiger partial charge in [0.2, 0.25) is 0 Å². The van der Waals surface area contributed by atoms with Gasteiger partial charge in [-0.05, 0) is 46.1 Å². The lowest BCUT2D eigenvalue weighted by Crippen LogP contribution is -2.51. The highest BCUT2D eigenvalue weighted by atomic mass is 32.2. The Labute approximate surface area is 125 Å². The maximum Gasteiger partial charge on any atom is 0.152 e. The van der Waals surface area contributed by atoms with Crippen molar-refractivity contribution in [2.24, 2.45) is 0 Å². The summed E-state index contributed by atoms with van der Waals surface area (Å²) in [5.41, 5.74) is 0.537. The third-order valence-corrected chi connectivity index (χ3v) is 7.13. The molecule has 0 spiro atoms. The van der Waals surface area contributed by atoms with Gasteiger partial charge in [0.05, 0.1) is 16.5 Å². The molecule has 1 heterocycles. The molecule has 1 aliphatic carbocycles. The van der Waals surface area contributed by atoms with Gasteiger partial charge >= 0.3 is 0 Å². The van der Waals surface area contributed by atoms with Crippen molar-refractivity contribution in [2.45, 2.75) is 57.2 Å². The molecule has 2 atom stereocenters. The van der Waals surface area contributed by atoms with Crippen LogP contribution >= 0.6 is 11.3 Å². The summed E-state index contributed by atoms with van der Waals surface area (Å²) in [5, 5.41) is 4.12. The average Bonchev–Trinajstić information content (AvgIpc) is 2.92. The zero-order valence-electron chi connectivity index (χ0n) is 12.7. The lowest BCUT2D eigenvalue weighted by molar-refractivity contribution is 0.340. The second-order valence-electron chi connectivity index (χ2n) is 5.77. The predicted molar refractivity (Wildman–Crippen MR) is 84.0 cm³/mol. The molecule has 1 fully saturated rings. The first-order chi connectivity index (χ1) is 9.31. The zero-order chi connectivity index (χ0) is 15.0. The van der Waals surface area contributed by atoms with Gasteiger partial charge in [-0.15, -0.1) is 11.3 Å². The maximum atomic E-state index is 12.2. The Hall–Kier alpha value is -0.460. The molecule has 2 rings (SSSR count). The van der Waals surface area contributed by atoms with Crippen LogP contribution < -0.4 is 5.32 Å². The Morgan fingerprint density at radius 3 is 2.65 bits per heavy atom. The summed E-state index contributed by atoms with van der Waals surface area (Å²) < 4.78 is 24.4. The van der Waals surface area contributed by atoms with E-state index in [9.17, 15) is 8.42 Å². The van der Waals surface area contributed by atoms with Crippen LogP contribution in [0.5, 0.6) is 0 Å². The molecule has 2 unspecified atom stereocenters. The van der Waals surface area contributed by atoms with Gasteiger partial charge in [0.25, 0.3) is 0 Å². The van der Waals surface area contributed by atoms with Crippen LogP contribution in [0.4, 0.5) is 0 Å². The first-order valence-corrected chi connectivity index (χ1v) is 9.96. The van der Waals surface area contributed by atoms with E-state index in [1.54, 1.807) is 11.3 Å². The highest BCUT2D eigenvalue weighted by molar-refractivity contribution is 7.91. The number of nitrogens with zero attached hydrogens (tertiary/aromatic N) is 1.